The van der Waals surface area contributed by atoms with E-state index in [1.807, 2.05) is 0 Å². The number of hydrogen-bond donors (Lipinski definition) is 0. The van der Waals surface area contributed by atoms with Crippen LogP contribution in [0.1, 0.15) is 59.3 Å². The molecule has 3 aliphatic carbocycles. The fraction of sp³-hybridized carbons (Fsp3) is 0.818. The Morgan fingerprint density at radius 2 is 2.08 bits per heavy atom. The SMILES string of the molecule is CCCN1[C@H]2CC(=O)C[C@@H]1[C@@]13C[C@]1(C(=O)OC)[C@H]1CC(C)(C)C[C@H]1C=C23. The van der Waals surface area contributed by atoms with Crippen molar-refractivity contribution in [3.8, 4) is 0 Å². The van der Waals surface area contributed by atoms with Crippen LogP contribution in [0.4, 0.5) is 0 Å². The monoisotopic (exact) mass is 357 g/mol. The Kier molecular flexibility index (Phi) is 3.27. The lowest BCUT2D eigenvalue weighted by molar-refractivity contribution is -0.152. The predicted octanol–water partition coefficient (Wildman–Crippen LogP) is 3.35. The Labute approximate surface area is 156 Å². The Morgan fingerprint density at radius 3 is 2.77 bits per heavy atom. The second-order valence-corrected chi connectivity index (χ2v) is 10.3. The molecule has 2 aliphatic heterocycles. The largest absolute Gasteiger partial charge is 0.469 e. The van der Waals surface area contributed by atoms with Crippen molar-refractivity contribution in [1.29, 1.82) is 0 Å². The minimum absolute atomic E-state index is 0.00718. The number of esters is 1. The first-order chi connectivity index (χ1) is 12.3. The lowest BCUT2D eigenvalue weighted by atomic mass is 9.66. The molecule has 4 fully saturated rings. The van der Waals surface area contributed by atoms with Crippen molar-refractivity contribution in [2.24, 2.45) is 28.1 Å². The molecule has 0 aromatic carbocycles. The third-order valence-electron chi connectivity index (χ3n) is 8.45. The van der Waals surface area contributed by atoms with E-state index in [2.05, 4.69) is 31.7 Å². The average molecular weight is 357 g/mol. The number of ketones is 1. The lowest BCUT2D eigenvalue weighted by Gasteiger charge is -2.38. The van der Waals surface area contributed by atoms with E-state index >= 15 is 0 Å². The maximum absolute atomic E-state index is 13.2. The molecule has 2 saturated carbocycles. The van der Waals surface area contributed by atoms with Crippen LogP contribution in [0.2, 0.25) is 0 Å². The van der Waals surface area contributed by atoms with Crippen LogP contribution in [-0.4, -0.2) is 42.4 Å². The van der Waals surface area contributed by atoms with Gasteiger partial charge in [-0.25, -0.2) is 0 Å². The smallest absolute Gasteiger partial charge is 0.313 e. The van der Waals surface area contributed by atoms with Crippen molar-refractivity contribution < 1.29 is 14.3 Å². The van der Waals surface area contributed by atoms with E-state index in [1.165, 1.54) is 5.57 Å². The van der Waals surface area contributed by atoms with Crippen molar-refractivity contribution in [2.75, 3.05) is 13.7 Å². The van der Waals surface area contributed by atoms with Gasteiger partial charge >= 0.3 is 5.97 Å². The van der Waals surface area contributed by atoms with Crippen molar-refractivity contribution >= 4 is 11.8 Å². The molecule has 2 bridgehead atoms. The Bertz CT molecular complexity index is 725. The molecule has 0 aromatic heterocycles. The number of rotatable bonds is 3. The van der Waals surface area contributed by atoms with Gasteiger partial charge in [-0.15, -0.1) is 0 Å². The highest BCUT2D eigenvalue weighted by molar-refractivity contribution is 5.89. The van der Waals surface area contributed by atoms with Gasteiger partial charge < -0.3 is 4.74 Å². The van der Waals surface area contributed by atoms with Gasteiger partial charge in [0.25, 0.3) is 0 Å². The fourth-order valence-corrected chi connectivity index (χ4v) is 7.81. The maximum Gasteiger partial charge on any atom is 0.313 e. The average Bonchev–Trinajstić information content (AvgIpc) is 3.16. The molecular formula is C22H31NO3. The number of nitrogens with zero attached hydrogens (tertiary/aromatic N) is 1. The molecule has 0 aromatic rings. The number of fused-ring (bicyclic) bond motifs is 5. The van der Waals surface area contributed by atoms with E-state index in [4.69, 9.17) is 4.74 Å². The van der Waals surface area contributed by atoms with Crippen LogP contribution < -0.4 is 0 Å². The first kappa shape index (κ1) is 17.0. The zero-order valence-corrected chi connectivity index (χ0v) is 16.5. The summed E-state index contributed by atoms with van der Waals surface area (Å²) in [6, 6.07) is 0.445. The summed E-state index contributed by atoms with van der Waals surface area (Å²) in [6.45, 7) is 7.92. The summed E-state index contributed by atoms with van der Waals surface area (Å²) >= 11 is 0. The quantitative estimate of drug-likeness (QED) is 0.574. The van der Waals surface area contributed by atoms with Crippen LogP contribution in [0.15, 0.2) is 11.6 Å². The van der Waals surface area contributed by atoms with E-state index < -0.39 is 0 Å². The number of allylic oxidation sites excluding steroid dienone is 1. The number of carbonyl (C=O) groups excluding carboxylic acids is 2. The van der Waals surface area contributed by atoms with Crippen LogP contribution in [0.3, 0.4) is 0 Å². The second-order valence-electron chi connectivity index (χ2n) is 10.3. The number of ether oxygens (including phenoxy) is 1. The van der Waals surface area contributed by atoms with Gasteiger partial charge in [0.05, 0.1) is 12.5 Å². The van der Waals surface area contributed by atoms with Gasteiger partial charge in [0.15, 0.2) is 0 Å². The molecule has 6 atom stereocenters. The van der Waals surface area contributed by atoms with Crippen molar-refractivity contribution in [2.45, 2.75) is 71.4 Å². The van der Waals surface area contributed by atoms with E-state index in [0.717, 1.165) is 32.2 Å². The molecule has 4 nitrogen and oxygen atoms in total. The van der Waals surface area contributed by atoms with E-state index in [0.29, 0.717) is 30.5 Å². The van der Waals surface area contributed by atoms with Crippen LogP contribution >= 0.6 is 0 Å². The highest BCUT2D eigenvalue weighted by Crippen LogP contribution is 2.83. The highest BCUT2D eigenvalue weighted by atomic mass is 16.5. The van der Waals surface area contributed by atoms with Crippen LogP contribution in [0.5, 0.6) is 0 Å². The third-order valence-corrected chi connectivity index (χ3v) is 8.45. The van der Waals surface area contributed by atoms with Crippen LogP contribution in [0.25, 0.3) is 0 Å². The fourth-order valence-electron chi connectivity index (χ4n) is 7.81. The van der Waals surface area contributed by atoms with Gasteiger partial charge in [-0.2, -0.15) is 0 Å². The first-order valence-electron chi connectivity index (χ1n) is 10.4. The number of hydrogen-bond acceptors (Lipinski definition) is 4. The molecule has 5 aliphatic rings. The molecule has 4 heteroatoms. The molecule has 2 saturated heterocycles. The topological polar surface area (TPSA) is 46.6 Å². The summed E-state index contributed by atoms with van der Waals surface area (Å²) < 4.78 is 5.41. The van der Waals surface area contributed by atoms with Crippen molar-refractivity contribution in [3.05, 3.63) is 11.6 Å². The van der Waals surface area contributed by atoms with Gasteiger partial charge in [-0.1, -0.05) is 26.8 Å². The summed E-state index contributed by atoms with van der Waals surface area (Å²) in [4.78, 5) is 28.3. The molecule has 26 heavy (non-hydrogen) atoms. The molecule has 1 spiro atoms. The Balaban J connectivity index is 1.67. The standard InChI is InChI=1S/C22H31NO3/c1-5-6-23-17-8-14(24)9-18(23)21-12-22(21,19(25)26-4)16-11-20(2,3)10-13(16)7-15(17)21/h7,13,16-18H,5-6,8-12H2,1-4H3/t13-,16+,17+,18-,21+,22-/m1/s1. The summed E-state index contributed by atoms with van der Waals surface area (Å²) in [7, 11) is 1.55. The normalized spacial score (nSPS) is 47.7. The molecule has 0 N–H and O–H groups in total. The Morgan fingerprint density at radius 1 is 1.31 bits per heavy atom. The summed E-state index contributed by atoms with van der Waals surface area (Å²) in [5.74, 6) is 1.22. The Hall–Kier alpha value is -1.16. The minimum atomic E-state index is -0.375. The number of Topliss-reactive ketones (excluding diaryl/α,β-unsaturated/α-hetero) is 1. The molecule has 0 amide bonds. The molecule has 142 valence electrons. The minimum Gasteiger partial charge on any atom is -0.469 e. The molecular weight excluding hydrogens is 326 g/mol. The van der Waals surface area contributed by atoms with Gasteiger partial charge in [-0.3, -0.25) is 14.5 Å². The molecule has 2 heterocycles. The first-order valence-corrected chi connectivity index (χ1v) is 10.4. The summed E-state index contributed by atoms with van der Waals surface area (Å²) in [5, 5.41) is 0. The number of carbonyl (C=O) groups is 2. The lowest BCUT2D eigenvalue weighted by Crippen LogP contribution is -2.47. The van der Waals surface area contributed by atoms with Gasteiger partial charge in [-0.05, 0) is 55.1 Å². The molecule has 0 radical (unpaired) electrons. The van der Waals surface area contributed by atoms with E-state index in [9.17, 15) is 9.59 Å². The van der Waals surface area contributed by atoms with Gasteiger partial charge in [0.2, 0.25) is 0 Å². The van der Waals surface area contributed by atoms with Crippen LogP contribution in [-0.2, 0) is 14.3 Å². The van der Waals surface area contributed by atoms with Gasteiger partial charge in [0, 0.05) is 30.3 Å². The van der Waals surface area contributed by atoms with Crippen LogP contribution in [0, 0.1) is 28.1 Å². The molecule has 0 unspecified atom stereocenters. The van der Waals surface area contributed by atoms with Gasteiger partial charge in [0.1, 0.15) is 5.78 Å². The molecule has 5 rings (SSSR count). The van der Waals surface area contributed by atoms with E-state index in [1.54, 1.807) is 7.11 Å². The third kappa shape index (κ3) is 1.75. The van der Waals surface area contributed by atoms with E-state index in [-0.39, 0.29) is 34.3 Å². The second kappa shape index (κ2) is 5.01. The summed E-state index contributed by atoms with van der Waals surface area (Å²) in [6.07, 6.45) is 8.03. The summed E-state index contributed by atoms with van der Waals surface area (Å²) in [5.41, 5.74) is 1.23. The zero-order chi connectivity index (χ0) is 18.5. The predicted molar refractivity (Wildman–Crippen MR) is 98.4 cm³/mol. The number of piperidine rings is 1. The highest BCUT2D eigenvalue weighted by Gasteiger charge is 2.86. The number of methoxy groups -OCH3 is 1. The maximum atomic E-state index is 13.2. The van der Waals surface area contributed by atoms with Crippen molar-refractivity contribution in [1.82, 2.24) is 4.90 Å². The zero-order valence-electron chi connectivity index (χ0n) is 16.5. The van der Waals surface area contributed by atoms with Crippen molar-refractivity contribution in [3.63, 3.8) is 0 Å².